The summed E-state index contributed by atoms with van der Waals surface area (Å²) < 4.78 is 26.5. The van der Waals surface area contributed by atoms with Crippen molar-refractivity contribution in [1.29, 1.82) is 0 Å². The number of nitrogens with zero attached hydrogens (tertiary/aromatic N) is 1. The average molecular weight is 315 g/mol. The van der Waals surface area contributed by atoms with Gasteiger partial charge in [0.1, 0.15) is 0 Å². The zero-order valence-electron chi connectivity index (χ0n) is 11.4. The van der Waals surface area contributed by atoms with E-state index in [0.29, 0.717) is 6.54 Å². The summed E-state index contributed by atoms with van der Waals surface area (Å²) in [6.45, 7) is 0.249. The first-order valence-corrected chi connectivity index (χ1v) is 7.03. The summed E-state index contributed by atoms with van der Waals surface area (Å²) in [5.41, 5.74) is 2.22. The Morgan fingerprint density at radius 1 is 1.29 bits per heavy atom. The first-order valence-electron chi connectivity index (χ1n) is 7.03. The first-order chi connectivity index (χ1) is 9.51. The van der Waals surface area contributed by atoms with Crippen molar-refractivity contribution in [3.05, 3.63) is 29.8 Å². The molecule has 1 unspecified atom stereocenters. The van der Waals surface area contributed by atoms with Gasteiger partial charge >= 0.3 is 0 Å². The molecule has 1 atom stereocenters. The normalized spacial score (nSPS) is 27.3. The van der Waals surface area contributed by atoms with E-state index in [4.69, 9.17) is 0 Å². The van der Waals surface area contributed by atoms with Crippen LogP contribution in [0.5, 0.6) is 0 Å². The van der Waals surface area contributed by atoms with Gasteiger partial charge in [0.15, 0.2) is 0 Å². The second kappa shape index (κ2) is 4.65. The van der Waals surface area contributed by atoms with Gasteiger partial charge in [-0.05, 0) is 24.5 Å². The summed E-state index contributed by atoms with van der Waals surface area (Å²) in [6.07, 6.45) is 1.78. The van der Waals surface area contributed by atoms with Gasteiger partial charge in [-0.1, -0.05) is 18.2 Å². The number of rotatable bonds is 1. The van der Waals surface area contributed by atoms with Crippen LogP contribution >= 0.6 is 12.4 Å². The number of amides is 1. The van der Waals surface area contributed by atoms with Gasteiger partial charge < -0.3 is 4.90 Å². The zero-order valence-corrected chi connectivity index (χ0v) is 12.3. The van der Waals surface area contributed by atoms with Crippen LogP contribution in [0.2, 0.25) is 0 Å². The molecule has 1 saturated carbocycles. The lowest BCUT2D eigenvalue weighted by atomic mass is 9.99. The molecule has 1 aromatic rings. The third kappa shape index (κ3) is 2.23. The summed E-state index contributed by atoms with van der Waals surface area (Å²) >= 11 is 0. The van der Waals surface area contributed by atoms with Gasteiger partial charge in [-0.25, -0.2) is 8.78 Å². The summed E-state index contributed by atoms with van der Waals surface area (Å²) in [6, 6.07) is 7.11. The molecule has 2 fully saturated rings. The van der Waals surface area contributed by atoms with Gasteiger partial charge in [-0.2, -0.15) is 0 Å². The lowest BCUT2D eigenvalue weighted by molar-refractivity contribution is -0.120. The van der Waals surface area contributed by atoms with Gasteiger partial charge in [0.05, 0.1) is 12.6 Å². The second-order valence-corrected chi connectivity index (χ2v) is 6.22. The molecule has 1 aromatic carbocycles. The van der Waals surface area contributed by atoms with Crippen molar-refractivity contribution < 1.29 is 13.6 Å². The second-order valence-electron chi connectivity index (χ2n) is 6.22. The summed E-state index contributed by atoms with van der Waals surface area (Å²) in [5.74, 6) is -2.98. The Morgan fingerprint density at radius 3 is 2.62 bits per heavy atom. The van der Waals surface area contributed by atoms with Gasteiger partial charge in [-0.15, -0.1) is 12.4 Å². The molecular formula is C15H17ClF2N2O. The van der Waals surface area contributed by atoms with E-state index in [0.717, 1.165) is 18.5 Å². The summed E-state index contributed by atoms with van der Waals surface area (Å²) in [7, 11) is 0. The number of alkyl halides is 2. The van der Waals surface area contributed by atoms with Crippen molar-refractivity contribution in [2.24, 2.45) is 0 Å². The van der Waals surface area contributed by atoms with Crippen molar-refractivity contribution in [2.75, 3.05) is 18.0 Å². The van der Waals surface area contributed by atoms with Gasteiger partial charge in [0.25, 0.3) is 5.92 Å². The van der Waals surface area contributed by atoms with E-state index >= 15 is 0 Å². The standard InChI is InChI=1S/C15H16F2N2O.ClH/c16-15(17)7-11(18-8-15)13(20)19-9-14(5-6-14)10-3-1-2-4-12(10)19;/h1-4,11,18H,5-9H2;1H. The van der Waals surface area contributed by atoms with Gasteiger partial charge in [-0.3, -0.25) is 10.1 Å². The van der Waals surface area contributed by atoms with Crippen molar-refractivity contribution in [1.82, 2.24) is 5.32 Å². The molecule has 0 radical (unpaired) electrons. The van der Waals surface area contributed by atoms with Crippen molar-refractivity contribution in [2.45, 2.75) is 36.6 Å². The number of carbonyl (C=O) groups is 1. The monoisotopic (exact) mass is 314 g/mol. The lowest BCUT2D eigenvalue weighted by Gasteiger charge is -2.21. The Bertz CT molecular complexity index is 589. The number of halogens is 3. The number of hydrogen-bond donors (Lipinski definition) is 1. The molecule has 2 heterocycles. The predicted molar refractivity (Wildman–Crippen MR) is 78.3 cm³/mol. The highest BCUT2D eigenvalue weighted by atomic mass is 35.5. The SMILES string of the molecule is Cl.O=C(C1CC(F)(F)CN1)N1CC2(CC2)c2ccccc21. The Morgan fingerprint density at radius 2 is 2.00 bits per heavy atom. The van der Waals surface area contributed by atoms with Crippen LogP contribution < -0.4 is 10.2 Å². The topological polar surface area (TPSA) is 32.3 Å². The lowest BCUT2D eigenvalue weighted by Crippen LogP contribution is -2.43. The number of nitrogens with one attached hydrogen (secondary N) is 1. The number of fused-ring (bicyclic) bond motifs is 2. The Balaban J connectivity index is 0.00000132. The molecule has 3 aliphatic rings. The molecule has 0 aromatic heterocycles. The predicted octanol–water partition coefficient (Wildman–Crippen LogP) is 2.48. The molecule has 2 aliphatic heterocycles. The van der Waals surface area contributed by atoms with Crippen LogP contribution in [0.1, 0.15) is 24.8 Å². The minimum Gasteiger partial charge on any atom is -0.310 e. The number of carbonyl (C=O) groups excluding carboxylic acids is 1. The molecule has 114 valence electrons. The van der Waals surface area contributed by atoms with Crippen molar-refractivity contribution in [3.8, 4) is 0 Å². The van der Waals surface area contributed by atoms with Gasteiger partial charge in [0, 0.05) is 24.1 Å². The van der Waals surface area contributed by atoms with Crippen LogP contribution in [0.15, 0.2) is 24.3 Å². The Kier molecular flexibility index (Phi) is 3.26. The van der Waals surface area contributed by atoms with Gasteiger partial charge in [0.2, 0.25) is 5.91 Å². The first kappa shape index (κ1) is 14.7. The smallest absolute Gasteiger partial charge is 0.262 e. The largest absolute Gasteiger partial charge is 0.310 e. The summed E-state index contributed by atoms with van der Waals surface area (Å²) in [5, 5.41) is 2.66. The fourth-order valence-electron chi connectivity index (χ4n) is 3.48. The maximum atomic E-state index is 13.3. The third-order valence-corrected chi connectivity index (χ3v) is 4.75. The van der Waals surface area contributed by atoms with E-state index in [1.54, 1.807) is 4.90 Å². The summed E-state index contributed by atoms with van der Waals surface area (Å²) in [4.78, 5) is 14.3. The number of hydrogen-bond acceptors (Lipinski definition) is 2. The molecule has 0 bridgehead atoms. The average Bonchev–Trinajstić information content (AvgIpc) is 3.01. The molecule has 21 heavy (non-hydrogen) atoms. The molecule has 3 nitrogen and oxygen atoms in total. The van der Waals surface area contributed by atoms with Crippen LogP contribution in [0.4, 0.5) is 14.5 Å². The number of anilines is 1. The van der Waals surface area contributed by atoms with Crippen LogP contribution in [-0.4, -0.2) is 31.0 Å². The van der Waals surface area contributed by atoms with E-state index in [1.807, 2.05) is 18.2 Å². The Labute approximate surface area is 128 Å². The van der Waals surface area contributed by atoms with Crippen LogP contribution in [0, 0.1) is 0 Å². The quantitative estimate of drug-likeness (QED) is 0.864. The van der Waals surface area contributed by atoms with E-state index in [2.05, 4.69) is 11.4 Å². The minimum atomic E-state index is -2.77. The van der Waals surface area contributed by atoms with E-state index in [-0.39, 0.29) is 23.7 Å². The maximum absolute atomic E-state index is 13.3. The number of para-hydroxylation sites is 1. The minimum absolute atomic E-state index is 0. The molecule has 4 rings (SSSR count). The van der Waals surface area contributed by atoms with Crippen LogP contribution in [0.3, 0.4) is 0 Å². The molecule has 1 N–H and O–H groups in total. The molecule has 6 heteroatoms. The highest BCUT2D eigenvalue weighted by Crippen LogP contribution is 2.56. The zero-order chi connectivity index (χ0) is 14.0. The molecular weight excluding hydrogens is 298 g/mol. The molecule has 1 saturated heterocycles. The Hall–Kier alpha value is -1.20. The van der Waals surface area contributed by atoms with Crippen LogP contribution in [0.25, 0.3) is 0 Å². The molecule has 1 aliphatic carbocycles. The van der Waals surface area contributed by atoms with Crippen molar-refractivity contribution >= 4 is 24.0 Å². The number of benzene rings is 1. The highest BCUT2D eigenvalue weighted by molar-refractivity contribution is 6.00. The third-order valence-electron chi connectivity index (χ3n) is 4.75. The maximum Gasteiger partial charge on any atom is 0.262 e. The molecule has 1 spiro atoms. The van der Waals surface area contributed by atoms with E-state index < -0.39 is 24.9 Å². The highest BCUT2D eigenvalue weighted by Gasteiger charge is 2.54. The fourth-order valence-corrected chi connectivity index (χ4v) is 3.48. The molecule has 1 amide bonds. The van der Waals surface area contributed by atoms with Crippen molar-refractivity contribution in [3.63, 3.8) is 0 Å². The fraction of sp³-hybridized carbons (Fsp3) is 0.533. The van der Waals surface area contributed by atoms with E-state index in [9.17, 15) is 13.6 Å². The van der Waals surface area contributed by atoms with Crippen LogP contribution in [-0.2, 0) is 10.2 Å². The van der Waals surface area contributed by atoms with E-state index in [1.165, 1.54) is 5.56 Å².